The zero-order valence-electron chi connectivity index (χ0n) is 11.0. The van der Waals surface area contributed by atoms with Crippen LogP contribution in [0.4, 0.5) is 0 Å². The van der Waals surface area contributed by atoms with Gasteiger partial charge in [-0.3, -0.25) is 0 Å². The van der Waals surface area contributed by atoms with Crippen LogP contribution in [0.15, 0.2) is 18.2 Å². The summed E-state index contributed by atoms with van der Waals surface area (Å²) in [6.07, 6.45) is 2.46. The Balaban J connectivity index is 2.17. The number of rotatable bonds is 4. The highest BCUT2D eigenvalue weighted by Gasteiger charge is 2.29. The summed E-state index contributed by atoms with van der Waals surface area (Å²) in [6.45, 7) is 2.08. The van der Waals surface area contributed by atoms with Crippen LogP contribution in [-0.2, 0) is 4.74 Å². The number of alkyl halides is 1. The molecular weight excluding hydrogens is 252 g/mol. The second kappa shape index (κ2) is 5.81. The van der Waals surface area contributed by atoms with E-state index in [0.717, 1.165) is 18.4 Å². The molecule has 3 nitrogen and oxygen atoms in total. The van der Waals surface area contributed by atoms with Crippen LogP contribution in [-0.4, -0.2) is 26.4 Å². The zero-order valence-corrected chi connectivity index (χ0v) is 11.7. The fourth-order valence-electron chi connectivity index (χ4n) is 2.29. The lowest BCUT2D eigenvalue weighted by molar-refractivity contribution is 0.0533. The SMILES string of the molecule is COc1ccc(C(Cl)C2CCC(C)O2)cc1OC. The number of halogens is 1. The standard InChI is InChI=1S/C14H19ClO3/c1-9-4-6-12(18-9)14(15)10-5-7-11(16-2)13(8-10)17-3/h5,7-9,12,14H,4,6H2,1-3H3. The molecule has 1 aromatic carbocycles. The molecular formula is C14H19ClO3. The molecule has 1 heterocycles. The molecule has 1 fully saturated rings. The molecule has 2 rings (SSSR count). The average molecular weight is 271 g/mol. The van der Waals surface area contributed by atoms with Gasteiger partial charge in [-0.1, -0.05) is 6.07 Å². The van der Waals surface area contributed by atoms with E-state index in [1.54, 1.807) is 14.2 Å². The predicted octanol–water partition coefficient (Wildman–Crippen LogP) is 3.55. The van der Waals surface area contributed by atoms with E-state index >= 15 is 0 Å². The Bertz CT molecular complexity index is 408. The summed E-state index contributed by atoms with van der Waals surface area (Å²) in [4.78, 5) is 0. The Morgan fingerprint density at radius 2 is 1.94 bits per heavy atom. The van der Waals surface area contributed by atoms with Gasteiger partial charge in [-0.15, -0.1) is 11.6 Å². The van der Waals surface area contributed by atoms with Crippen LogP contribution in [0.3, 0.4) is 0 Å². The van der Waals surface area contributed by atoms with E-state index in [9.17, 15) is 0 Å². The molecule has 0 saturated carbocycles. The molecule has 0 aliphatic carbocycles. The first kappa shape index (κ1) is 13.5. The topological polar surface area (TPSA) is 27.7 Å². The van der Waals surface area contributed by atoms with Crippen molar-refractivity contribution in [2.75, 3.05) is 14.2 Å². The lowest BCUT2D eigenvalue weighted by Gasteiger charge is -2.19. The van der Waals surface area contributed by atoms with Gasteiger partial charge in [-0.2, -0.15) is 0 Å². The molecule has 0 N–H and O–H groups in total. The van der Waals surface area contributed by atoms with Crippen LogP contribution in [0.5, 0.6) is 11.5 Å². The summed E-state index contributed by atoms with van der Waals surface area (Å²) in [5.74, 6) is 1.41. The number of hydrogen-bond donors (Lipinski definition) is 0. The summed E-state index contributed by atoms with van der Waals surface area (Å²) in [7, 11) is 3.25. The van der Waals surface area contributed by atoms with Crippen molar-refractivity contribution in [1.29, 1.82) is 0 Å². The second-order valence-corrected chi connectivity index (χ2v) is 5.05. The lowest BCUT2D eigenvalue weighted by Crippen LogP contribution is -2.14. The van der Waals surface area contributed by atoms with Crippen molar-refractivity contribution in [2.45, 2.75) is 37.4 Å². The molecule has 100 valence electrons. The number of hydrogen-bond acceptors (Lipinski definition) is 3. The van der Waals surface area contributed by atoms with Gasteiger partial charge in [0, 0.05) is 0 Å². The molecule has 0 amide bonds. The van der Waals surface area contributed by atoms with Gasteiger partial charge in [0.15, 0.2) is 11.5 Å². The summed E-state index contributed by atoms with van der Waals surface area (Å²) in [5.41, 5.74) is 1.01. The second-order valence-electron chi connectivity index (χ2n) is 4.58. The number of ether oxygens (including phenoxy) is 3. The number of benzene rings is 1. The molecule has 0 aromatic heterocycles. The lowest BCUT2D eigenvalue weighted by atomic mass is 10.0. The molecule has 0 radical (unpaired) electrons. The Labute approximate surface area is 113 Å². The van der Waals surface area contributed by atoms with Crippen LogP contribution >= 0.6 is 11.6 Å². The van der Waals surface area contributed by atoms with E-state index in [1.807, 2.05) is 18.2 Å². The first-order valence-corrected chi connectivity index (χ1v) is 6.60. The van der Waals surface area contributed by atoms with Crippen molar-refractivity contribution >= 4 is 11.6 Å². The third-order valence-corrected chi connectivity index (χ3v) is 3.85. The van der Waals surface area contributed by atoms with Crippen LogP contribution in [0.25, 0.3) is 0 Å². The largest absolute Gasteiger partial charge is 0.493 e. The van der Waals surface area contributed by atoms with Crippen LogP contribution < -0.4 is 9.47 Å². The fourth-order valence-corrected chi connectivity index (χ4v) is 2.61. The van der Waals surface area contributed by atoms with Gasteiger partial charge in [0.1, 0.15) is 0 Å². The summed E-state index contributed by atoms with van der Waals surface area (Å²) in [6, 6.07) is 5.76. The van der Waals surface area contributed by atoms with Gasteiger partial charge in [0.05, 0.1) is 31.8 Å². The molecule has 18 heavy (non-hydrogen) atoms. The van der Waals surface area contributed by atoms with Crippen LogP contribution in [0.1, 0.15) is 30.7 Å². The first-order valence-electron chi connectivity index (χ1n) is 6.17. The zero-order chi connectivity index (χ0) is 13.1. The monoisotopic (exact) mass is 270 g/mol. The highest BCUT2D eigenvalue weighted by atomic mass is 35.5. The summed E-state index contributed by atoms with van der Waals surface area (Å²) in [5, 5.41) is -0.144. The predicted molar refractivity (Wildman–Crippen MR) is 71.7 cm³/mol. The van der Waals surface area contributed by atoms with Crippen LogP contribution in [0, 0.1) is 0 Å². The number of methoxy groups -OCH3 is 2. The Morgan fingerprint density at radius 3 is 2.50 bits per heavy atom. The average Bonchev–Trinajstić information content (AvgIpc) is 2.83. The summed E-state index contributed by atoms with van der Waals surface area (Å²) < 4.78 is 16.3. The highest BCUT2D eigenvalue weighted by Crippen LogP contribution is 2.38. The van der Waals surface area contributed by atoms with Crippen molar-refractivity contribution in [3.8, 4) is 11.5 Å². The maximum Gasteiger partial charge on any atom is 0.161 e. The van der Waals surface area contributed by atoms with Crippen molar-refractivity contribution in [3.05, 3.63) is 23.8 Å². The fraction of sp³-hybridized carbons (Fsp3) is 0.571. The van der Waals surface area contributed by atoms with Crippen molar-refractivity contribution < 1.29 is 14.2 Å². The van der Waals surface area contributed by atoms with Crippen LogP contribution in [0.2, 0.25) is 0 Å². The van der Waals surface area contributed by atoms with E-state index in [-0.39, 0.29) is 11.5 Å². The Kier molecular flexibility index (Phi) is 4.36. The first-order chi connectivity index (χ1) is 8.65. The quantitative estimate of drug-likeness (QED) is 0.783. The molecule has 4 heteroatoms. The molecule has 0 bridgehead atoms. The smallest absolute Gasteiger partial charge is 0.161 e. The minimum Gasteiger partial charge on any atom is -0.493 e. The molecule has 1 aliphatic rings. The Hall–Kier alpha value is -0.930. The molecule has 0 spiro atoms. The van der Waals surface area contributed by atoms with E-state index in [2.05, 4.69) is 6.92 Å². The minimum absolute atomic E-state index is 0.0831. The van der Waals surface area contributed by atoms with Crippen molar-refractivity contribution in [3.63, 3.8) is 0 Å². The van der Waals surface area contributed by atoms with Gasteiger partial charge >= 0.3 is 0 Å². The third-order valence-electron chi connectivity index (χ3n) is 3.32. The molecule has 1 aliphatic heterocycles. The van der Waals surface area contributed by atoms with Gasteiger partial charge in [-0.05, 0) is 37.5 Å². The highest BCUT2D eigenvalue weighted by molar-refractivity contribution is 6.21. The van der Waals surface area contributed by atoms with Gasteiger partial charge < -0.3 is 14.2 Å². The molecule has 1 saturated heterocycles. The van der Waals surface area contributed by atoms with Crippen molar-refractivity contribution in [1.82, 2.24) is 0 Å². The molecule has 1 aromatic rings. The minimum atomic E-state index is -0.144. The van der Waals surface area contributed by atoms with Gasteiger partial charge in [0.25, 0.3) is 0 Å². The van der Waals surface area contributed by atoms with Gasteiger partial charge in [-0.25, -0.2) is 0 Å². The van der Waals surface area contributed by atoms with E-state index in [1.165, 1.54) is 0 Å². The molecule has 3 unspecified atom stereocenters. The van der Waals surface area contributed by atoms with E-state index < -0.39 is 0 Å². The van der Waals surface area contributed by atoms with Crippen molar-refractivity contribution in [2.24, 2.45) is 0 Å². The third kappa shape index (κ3) is 2.73. The van der Waals surface area contributed by atoms with Gasteiger partial charge in [0.2, 0.25) is 0 Å². The Morgan fingerprint density at radius 1 is 1.22 bits per heavy atom. The molecule has 3 atom stereocenters. The maximum absolute atomic E-state index is 6.48. The summed E-state index contributed by atoms with van der Waals surface area (Å²) >= 11 is 6.48. The normalized spacial score (nSPS) is 24.9. The van der Waals surface area contributed by atoms with E-state index in [0.29, 0.717) is 17.6 Å². The maximum atomic E-state index is 6.48. The van der Waals surface area contributed by atoms with E-state index in [4.69, 9.17) is 25.8 Å².